The highest BCUT2D eigenvalue weighted by molar-refractivity contribution is 5.71. The molecule has 2 rings (SSSR count). The number of nitrogens with zero attached hydrogens (tertiary/aromatic N) is 1. The molecule has 1 aliphatic heterocycles. The summed E-state index contributed by atoms with van der Waals surface area (Å²) >= 11 is 0. The first-order chi connectivity index (χ1) is 9.09. The van der Waals surface area contributed by atoms with E-state index in [0.717, 1.165) is 6.54 Å². The molecule has 0 bridgehead atoms. The molecule has 3 unspecified atom stereocenters. The van der Waals surface area contributed by atoms with Crippen LogP contribution in [-0.2, 0) is 9.53 Å². The van der Waals surface area contributed by atoms with Gasteiger partial charge in [-0.25, -0.2) is 0 Å². The second-order valence-electron chi connectivity index (χ2n) is 5.30. The van der Waals surface area contributed by atoms with Gasteiger partial charge in [0.25, 0.3) is 0 Å². The summed E-state index contributed by atoms with van der Waals surface area (Å²) in [6.45, 7) is 3.83. The summed E-state index contributed by atoms with van der Waals surface area (Å²) in [5.41, 5.74) is 1.28. The van der Waals surface area contributed by atoms with Gasteiger partial charge < -0.3 is 9.84 Å². The summed E-state index contributed by atoms with van der Waals surface area (Å²) in [6.07, 6.45) is 0. The minimum absolute atomic E-state index is 0.0244. The van der Waals surface area contributed by atoms with Gasteiger partial charge in [0.15, 0.2) is 0 Å². The third-order valence-corrected chi connectivity index (χ3v) is 3.86. The van der Waals surface area contributed by atoms with Crippen molar-refractivity contribution in [2.24, 2.45) is 5.92 Å². The third kappa shape index (κ3) is 3.33. The van der Waals surface area contributed by atoms with Crippen LogP contribution in [0.1, 0.15) is 18.4 Å². The molecule has 0 amide bonds. The van der Waals surface area contributed by atoms with Crippen LogP contribution in [0.4, 0.5) is 0 Å². The summed E-state index contributed by atoms with van der Waals surface area (Å²) in [7, 11) is 1.98. The SMILES string of the molecule is CC(CN(C)C1COCC1C(=O)O)c1ccccc1. The van der Waals surface area contributed by atoms with Gasteiger partial charge >= 0.3 is 5.97 Å². The normalized spacial score (nSPS) is 24.6. The van der Waals surface area contributed by atoms with E-state index in [2.05, 4.69) is 24.0 Å². The number of carboxylic acid groups (broad SMARTS) is 1. The zero-order chi connectivity index (χ0) is 13.8. The lowest BCUT2D eigenvalue weighted by atomic mass is 9.98. The molecule has 1 fully saturated rings. The van der Waals surface area contributed by atoms with Crippen LogP contribution in [-0.4, -0.2) is 48.8 Å². The van der Waals surface area contributed by atoms with E-state index in [1.807, 2.05) is 25.2 Å². The van der Waals surface area contributed by atoms with Crippen LogP contribution < -0.4 is 0 Å². The summed E-state index contributed by atoms with van der Waals surface area (Å²) < 4.78 is 5.32. The maximum Gasteiger partial charge on any atom is 0.310 e. The Morgan fingerprint density at radius 2 is 2.11 bits per heavy atom. The average molecular weight is 263 g/mol. The Balaban J connectivity index is 1.97. The highest BCUT2D eigenvalue weighted by Crippen LogP contribution is 2.22. The molecule has 1 aromatic carbocycles. The average Bonchev–Trinajstić information content (AvgIpc) is 2.89. The van der Waals surface area contributed by atoms with Crippen molar-refractivity contribution in [2.75, 3.05) is 26.8 Å². The Morgan fingerprint density at radius 1 is 1.42 bits per heavy atom. The molecule has 0 radical (unpaired) electrons. The van der Waals surface area contributed by atoms with Crippen LogP contribution in [0.15, 0.2) is 30.3 Å². The quantitative estimate of drug-likeness (QED) is 0.880. The van der Waals surface area contributed by atoms with Crippen molar-refractivity contribution in [3.63, 3.8) is 0 Å². The van der Waals surface area contributed by atoms with Crippen LogP contribution in [0.2, 0.25) is 0 Å². The van der Waals surface area contributed by atoms with Gasteiger partial charge in [-0.3, -0.25) is 9.69 Å². The second kappa shape index (κ2) is 6.17. The first-order valence-corrected chi connectivity index (χ1v) is 6.65. The first-order valence-electron chi connectivity index (χ1n) is 6.65. The zero-order valence-electron chi connectivity index (χ0n) is 11.5. The molecule has 0 aliphatic carbocycles. The predicted octanol–water partition coefficient (Wildman–Crippen LogP) is 1.82. The summed E-state index contributed by atoms with van der Waals surface area (Å²) in [6, 6.07) is 10.3. The van der Waals surface area contributed by atoms with Crippen LogP contribution in [0.3, 0.4) is 0 Å². The molecular formula is C15H21NO3. The molecule has 1 aromatic rings. The topological polar surface area (TPSA) is 49.8 Å². The number of ether oxygens (including phenoxy) is 1. The standard InChI is InChI=1S/C15H21NO3/c1-11(12-6-4-3-5-7-12)8-16(2)14-10-19-9-13(14)15(17)18/h3-7,11,13-14H,8-10H2,1-2H3,(H,17,18). The van der Waals surface area contributed by atoms with Gasteiger partial charge in [-0.2, -0.15) is 0 Å². The number of aliphatic carboxylic acids is 1. The van der Waals surface area contributed by atoms with Gasteiger partial charge in [-0.05, 0) is 18.5 Å². The number of likely N-dealkylation sites (N-methyl/N-ethyl adjacent to an activating group) is 1. The van der Waals surface area contributed by atoms with Crippen molar-refractivity contribution in [3.8, 4) is 0 Å². The molecule has 1 saturated heterocycles. The fourth-order valence-corrected chi connectivity index (χ4v) is 2.67. The van der Waals surface area contributed by atoms with Crippen molar-refractivity contribution in [1.29, 1.82) is 0 Å². The highest BCUT2D eigenvalue weighted by Gasteiger charge is 2.36. The molecule has 0 aromatic heterocycles. The molecule has 1 heterocycles. The minimum Gasteiger partial charge on any atom is -0.481 e. The lowest BCUT2D eigenvalue weighted by molar-refractivity contribution is -0.143. The zero-order valence-corrected chi connectivity index (χ0v) is 11.5. The fourth-order valence-electron chi connectivity index (χ4n) is 2.67. The largest absolute Gasteiger partial charge is 0.481 e. The van der Waals surface area contributed by atoms with Crippen molar-refractivity contribution >= 4 is 5.97 Å². The number of carboxylic acids is 1. The van der Waals surface area contributed by atoms with Gasteiger partial charge in [-0.1, -0.05) is 37.3 Å². The van der Waals surface area contributed by atoms with Gasteiger partial charge in [0.1, 0.15) is 0 Å². The maximum atomic E-state index is 11.2. The Bertz CT molecular complexity index is 421. The molecule has 0 saturated carbocycles. The summed E-state index contributed by atoms with van der Waals surface area (Å²) in [5, 5.41) is 9.18. The minimum atomic E-state index is -0.762. The molecule has 4 heteroatoms. The molecule has 1 N–H and O–H groups in total. The Kier molecular flexibility index (Phi) is 4.56. The number of hydrogen-bond donors (Lipinski definition) is 1. The van der Waals surface area contributed by atoms with E-state index >= 15 is 0 Å². The molecule has 0 spiro atoms. The highest BCUT2D eigenvalue weighted by atomic mass is 16.5. The van der Waals surface area contributed by atoms with E-state index in [0.29, 0.717) is 19.1 Å². The molecule has 104 valence electrons. The smallest absolute Gasteiger partial charge is 0.310 e. The van der Waals surface area contributed by atoms with E-state index in [1.54, 1.807) is 0 Å². The first kappa shape index (κ1) is 14.0. The molecule has 3 atom stereocenters. The van der Waals surface area contributed by atoms with E-state index in [-0.39, 0.29) is 6.04 Å². The van der Waals surface area contributed by atoms with Crippen LogP contribution in [0, 0.1) is 5.92 Å². The Morgan fingerprint density at radius 3 is 2.74 bits per heavy atom. The molecule has 4 nitrogen and oxygen atoms in total. The van der Waals surface area contributed by atoms with E-state index in [9.17, 15) is 9.90 Å². The molecule has 1 aliphatic rings. The summed E-state index contributed by atoms with van der Waals surface area (Å²) in [5.74, 6) is -0.795. The second-order valence-corrected chi connectivity index (χ2v) is 5.30. The van der Waals surface area contributed by atoms with Crippen LogP contribution in [0.25, 0.3) is 0 Å². The van der Waals surface area contributed by atoms with Crippen molar-refractivity contribution in [3.05, 3.63) is 35.9 Å². The number of benzene rings is 1. The lowest BCUT2D eigenvalue weighted by Crippen LogP contribution is -2.42. The number of hydrogen-bond acceptors (Lipinski definition) is 3. The maximum absolute atomic E-state index is 11.2. The van der Waals surface area contributed by atoms with Crippen LogP contribution >= 0.6 is 0 Å². The number of carbonyl (C=O) groups is 1. The third-order valence-electron chi connectivity index (χ3n) is 3.86. The fraction of sp³-hybridized carbons (Fsp3) is 0.533. The van der Waals surface area contributed by atoms with Gasteiger partial charge in [-0.15, -0.1) is 0 Å². The molecule has 19 heavy (non-hydrogen) atoms. The molecular weight excluding hydrogens is 242 g/mol. The van der Waals surface area contributed by atoms with Crippen molar-refractivity contribution in [1.82, 2.24) is 4.90 Å². The van der Waals surface area contributed by atoms with Crippen LogP contribution in [0.5, 0.6) is 0 Å². The Hall–Kier alpha value is -1.39. The van der Waals surface area contributed by atoms with E-state index in [4.69, 9.17) is 4.74 Å². The monoisotopic (exact) mass is 263 g/mol. The predicted molar refractivity (Wildman–Crippen MR) is 73.2 cm³/mol. The Labute approximate surface area is 114 Å². The van der Waals surface area contributed by atoms with E-state index < -0.39 is 11.9 Å². The summed E-state index contributed by atoms with van der Waals surface area (Å²) in [4.78, 5) is 13.3. The lowest BCUT2D eigenvalue weighted by Gasteiger charge is -2.28. The van der Waals surface area contributed by atoms with Gasteiger partial charge in [0.05, 0.1) is 19.1 Å². The van der Waals surface area contributed by atoms with Crippen molar-refractivity contribution in [2.45, 2.75) is 18.9 Å². The van der Waals surface area contributed by atoms with Gasteiger partial charge in [0, 0.05) is 12.6 Å². The number of rotatable bonds is 5. The van der Waals surface area contributed by atoms with Gasteiger partial charge in [0.2, 0.25) is 0 Å². The van der Waals surface area contributed by atoms with E-state index in [1.165, 1.54) is 5.56 Å². The van der Waals surface area contributed by atoms with Crippen molar-refractivity contribution < 1.29 is 14.6 Å².